The van der Waals surface area contributed by atoms with Crippen molar-refractivity contribution < 1.29 is 9.53 Å². The third-order valence-corrected chi connectivity index (χ3v) is 5.09. The molecule has 3 N–H and O–H groups in total. The monoisotopic (exact) mass is 336 g/mol. The number of nitrogens with two attached hydrogens (primary N) is 1. The quantitative estimate of drug-likeness (QED) is 0.815. The van der Waals surface area contributed by atoms with Crippen LogP contribution in [0.1, 0.15) is 53.2 Å². The summed E-state index contributed by atoms with van der Waals surface area (Å²) in [4.78, 5) is 12.6. The number of carbonyl (C=O) groups excluding carboxylic acids is 1. The number of nitrogens with one attached hydrogen (secondary N) is 1. The van der Waals surface area contributed by atoms with E-state index in [1.807, 2.05) is 42.5 Å². The molecule has 0 bridgehead atoms. The fourth-order valence-electron chi connectivity index (χ4n) is 3.43. The Morgan fingerprint density at radius 3 is 2.68 bits per heavy atom. The van der Waals surface area contributed by atoms with Crippen molar-refractivity contribution in [2.24, 2.45) is 5.92 Å². The van der Waals surface area contributed by atoms with Gasteiger partial charge in [0, 0.05) is 11.3 Å². The van der Waals surface area contributed by atoms with E-state index in [4.69, 9.17) is 10.5 Å². The Hall–Kier alpha value is -2.49. The molecule has 0 radical (unpaired) electrons. The first-order valence-electron chi connectivity index (χ1n) is 9.11. The van der Waals surface area contributed by atoms with Crippen LogP contribution in [0.3, 0.4) is 0 Å². The minimum absolute atomic E-state index is 0.0385. The number of anilines is 1. The molecule has 1 amide bonds. The molecule has 4 rings (SSSR count). The highest BCUT2D eigenvalue weighted by Gasteiger charge is 2.23. The molecule has 25 heavy (non-hydrogen) atoms. The lowest BCUT2D eigenvalue weighted by Gasteiger charge is -2.26. The van der Waals surface area contributed by atoms with Gasteiger partial charge in [-0.05, 0) is 85.5 Å². The van der Waals surface area contributed by atoms with Crippen LogP contribution in [0.4, 0.5) is 5.69 Å². The van der Waals surface area contributed by atoms with Gasteiger partial charge in [-0.1, -0.05) is 6.07 Å². The van der Waals surface area contributed by atoms with E-state index in [1.54, 1.807) is 0 Å². The van der Waals surface area contributed by atoms with Crippen molar-refractivity contribution >= 4 is 11.6 Å². The van der Waals surface area contributed by atoms with E-state index in [0.29, 0.717) is 5.56 Å². The first kappa shape index (κ1) is 16.0. The van der Waals surface area contributed by atoms with E-state index in [1.165, 1.54) is 24.0 Å². The van der Waals surface area contributed by atoms with Crippen LogP contribution >= 0.6 is 0 Å². The summed E-state index contributed by atoms with van der Waals surface area (Å²) in [5.41, 5.74) is 9.78. The van der Waals surface area contributed by atoms with Crippen molar-refractivity contribution in [1.82, 2.24) is 5.32 Å². The largest absolute Gasteiger partial charge is 0.493 e. The van der Waals surface area contributed by atoms with Crippen molar-refractivity contribution in [3.63, 3.8) is 0 Å². The molecule has 0 spiro atoms. The molecule has 0 heterocycles. The van der Waals surface area contributed by atoms with E-state index in [-0.39, 0.29) is 11.9 Å². The number of aryl methyl sites for hydroxylation is 1. The maximum atomic E-state index is 12.6. The van der Waals surface area contributed by atoms with Gasteiger partial charge in [-0.15, -0.1) is 0 Å². The van der Waals surface area contributed by atoms with Crippen LogP contribution < -0.4 is 15.8 Å². The predicted octanol–water partition coefficient (Wildman–Crippen LogP) is 3.87. The highest BCUT2D eigenvalue weighted by molar-refractivity contribution is 5.94. The van der Waals surface area contributed by atoms with Crippen LogP contribution in [0.5, 0.6) is 5.75 Å². The number of fused-ring (bicyclic) bond motifs is 1. The Labute approximate surface area is 148 Å². The molecule has 0 aromatic heterocycles. The van der Waals surface area contributed by atoms with Crippen LogP contribution in [0.25, 0.3) is 0 Å². The summed E-state index contributed by atoms with van der Waals surface area (Å²) in [6.45, 7) is 0.785. The van der Waals surface area contributed by atoms with Gasteiger partial charge < -0.3 is 15.8 Å². The summed E-state index contributed by atoms with van der Waals surface area (Å²) < 4.78 is 5.73. The van der Waals surface area contributed by atoms with E-state index in [9.17, 15) is 4.79 Å². The number of rotatable bonds is 5. The predicted molar refractivity (Wildman–Crippen MR) is 98.7 cm³/mol. The molecule has 4 heteroatoms. The second kappa shape index (κ2) is 6.79. The maximum absolute atomic E-state index is 12.6. The molecular weight excluding hydrogens is 312 g/mol. The van der Waals surface area contributed by atoms with Gasteiger partial charge in [-0.3, -0.25) is 4.79 Å². The molecule has 1 unspecified atom stereocenters. The van der Waals surface area contributed by atoms with E-state index in [0.717, 1.165) is 43.2 Å². The molecule has 130 valence electrons. The molecule has 2 aliphatic carbocycles. The number of nitrogen functional groups attached to an aromatic ring is 1. The van der Waals surface area contributed by atoms with Crippen molar-refractivity contribution in [2.75, 3.05) is 12.3 Å². The summed E-state index contributed by atoms with van der Waals surface area (Å²) in [6, 6.07) is 13.5. The maximum Gasteiger partial charge on any atom is 0.251 e. The van der Waals surface area contributed by atoms with Gasteiger partial charge in [0.05, 0.1) is 12.6 Å². The molecule has 1 saturated carbocycles. The SMILES string of the molecule is Nc1ccc2c(c1)CCCC2NC(=O)c1ccc(OCC2CC2)cc1. The first-order valence-corrected chi connectivity index (χ1v) is 9.11. The fraction of sp³-hybridized carbons (Fsp3) is 0.381. The van der Waals surface area contributed by atoms with Gasteiger partial charge in [-0.25, -0.2) is 0 Å². The van der Waals surface area contributed by atoms with Crippen molar-refractivity contribution in [3.05, 3.63) is 59.2 Å². The Kier molecular flexibility index (Phi) is 4.35. The molecule has 1 fully saturated rings. The Balaban J connectivity index is 1.42. The smallest absolute Gasteiger partial charge is 0.251 e. The third kappa shape index (κ3) is 3.78. The van der Waals surface area contributed by atoms with Crippen molar-refractivity contribution in [3.8, 4) is 5.75 Å². The summed E-state index contributed by atoms with van der Waals surface area (Å²) in [5, 5.41) is 3.17. The van der Waals surface area contributed by atoms with Gasteiger partial charge in [-0.2, -0.15) is 0 Å². The lowest BCUT2D eigenvalue weighted by Crippen LogP contribution is -2.31. The molecule has 2 aromatic rings. The normalized spacial score (nSPS) is 19.1. The van der Waals surface area contributed by atoms with Gasteiger partial charge >= 0.3 is 0 Å². The highest BCUT2D eigenvalue weighted by Crippen LogP contribution is 2.31. The Morgan fingerprint density at radius 1 is 1.12 bits per heavy atom. The zero-order valence-electron chi connectivity index (χ0n) is 14.3. The lowest BCUT2D eigenvalue weighted by atomic mass is 9.87. The number of hydrogen-bond acceptors (Lipinski definition) is 3. The standard InChI is InChI=1S/C21H24N2O2/c22-17-8-11-19-16(12-17)2-1-3-20(19)23-21(24)15-6-9-18(10-7-15)25-13-14-4-5-14/h6-12,14,20H,1-5,13,22H2,(H,23,24). The zero-order valence-corrected chi connectivity index (χ0v) is 14.3. The third-order valence-electron chi connectivity index (χ3n) is 5.09. The van der Waals surface area contributed by atoms with Gasteiger partial charge in [0.2, 0.25) is 0 Å². The minimum atomic E-state index is -0.0385. The van der Waals surface area contributed by atoms with Gasteiger partial charge in [0.15, 0.2) is 0 Å². The first-order chi connectivity index (χ1) is 12.2. The number of carbonyl (C=O) groups is 1. The van der Waals surface area contributed by atoms with Crippen LogP contribution in [-0.4, -0.2) is 12.5 Å². The van der Waals surface area contributed by atoms with E-state index >= 15 is 0 Å². The average Bonchev–Trinajstić information content (AvgIpc) is 3.45. The number of ether oxygens (including phenoxy) is 1. The second-order valence-electron chi connectivity index (χ2n) is 7.16. The minimum Gasteiger partial charge on any atom is -0.493 e. The van der Waals surface area contributed by atoms with E-state index < -0.39 is 0 Å². The number of amides is 1. The van der Waals surface area contributed by atoms with Crippen LogP contribution in [-0.2, 0) is 6.42 Å². The average molecular weight is 336 g/mol. The van der Waals surface area contributed by atoms with Crippen LogP contribution in [0.2, 0.25) is 0 Å². The molecule has 0 aliphatic heterocycles. The lowest BCUT2D eigenvalue weighted by molar-refractivity contribution is 0.0932. The molecule has 4 nitrogen and oxygen atoms in total. The number of benzene rings is 2. The zero-order chi connectivity index (χ0) is 17.2. The summed E-state index contributed by atoms with van der Waals surface area (Å²) >= 11 is 0. The molecule has 0 saturated heterocycles. The molecule has 2 aliphatic rings. The van der Waals surface area contributed by atoms with Gasteiger partial charge in [0.25, 0.3) is 5.91 Å². The Bertz CT molecular complexity index is 766. The Morgan fingerprint density at radius 2 is 1.92 bits per heavy atom. The summed E-state index contributed by atoms with van der Waals surface area (Å²) in [6.07, 6.45) is 5.60. The molecule has 2 aromatic carbocycles. The summed E-state index contributed by atoms with van der Waals surface area (Å²) in [5.74, 6) is 1.52. The summed E-state index contributed by atoms with van der Waals surface area (Å²) in [7, 11) is 0. The molecule has 1 atom stereocenters. The van der Waals surface area contributed by atoms with Crippen molar-refractivity contribution in [2.45, 2.75) is 38.1 Å². The highest BCUT2D eigenvalue weighted by atomic mass is 16.5. The van der Waals surface area contributed by atoms with Gasteiger partial charge in [0.1, 0.15) is 5.75 Å². The van der Waals surface area contributed by atoms with Crippen LogP contribution in [0, 0.1) is 5.92 Å². The van der Waals surface area contributed by atoms with Crippen molar-refractivity contribution in [1.29, 1.82) is 0 Å². The fourth-order valence-corrected chi connectivity index (χ4v) is 3.43. The van der Waals surface area contributed by atoms with Crippen LogP contribution in [0.15, 0.2) is 42.5 Å². The molecular formula is C21H24N2O2. The topological polar surface area (TPSA) is 64.3 Å². The second-order valence-corrected chi connectivity index (χ2v) is 7.16. The van der Waals surface area contributed by atoms with E-state index in [2.05, 4.69) is 5.32 Å². The number of hydrogen-bond donors (Lipinski definition) is 2.